The van der Waals surface area contributed by atoms with Crippen LogP contribution in [-0.2, 0) is 0 Å². The number of nitrogens with one attached hydrogen (secondary N) is 2. The van der Waals surface area contributed by atoms with Crippen molar-refractivity contribution in [2.75, 3.05) is 13.1 Å². The van der Waals surface area contributed by atoms with Gasteiger partial charge in [-0.05, 0) is 38.8 Å². The van der Waals surface area contributed by atoms with Crippen molar-refractivity contribution < 1.29 is 0 Å². The predicted octanol–water partition coefficient (Wildman–Crippen LogP) is 1.76. The molecule has 1 aliphatic heterocycles. The lowest BCUT2D eigenvalue weighted by Crippen LogP contribution is -2.45. The van der Waals surface area contributed by atoms with Crippen molar-refractivity contribution >= 4 is 0 Å². The van der Waals surface area contributed by atoms with Gasteiger partial charge in [-0.15, -0.1) is 0 Å². The molecule has 2 atom stereocenters. The molecule has 1 heterocycles. The van der Waals surface area contributed by atoms with E-state index >= 15 is 0 Å². The lowest BCUT2D eigenvalue weighted by atomic mass is 9.98. The monoisotopic (exact) mass is 184 g/mol. The zero-order chi connectivity index (χ0) is 9.68. The summed E-state index contributed by atoms with van der Waals surface area (Å²) in [6.45, 7) is 9.29. The molecular formula is C11H24N2. The fraction of sp³-hybridized carbons (Fsp3) is 1.00. The van der Waals surface area contributed by atoms with Gasteiger partial charge >= 0.3 is 0 Å². The zero-order valence-electron chi connectivity index (χ0n) is 9.27. The Morgan fingerprint density at radius 1 is 1.31 bits per heavy atom. The van der Waals surface area contributed by atoms with Crippen LogP contribution in [0.25, 0.3) is 0 Å². The average molecular weight is 184 g/mol. The molecule has 1 rings (SSSR count). The summed E-state index contributed by atoms with van der Waals surface area (Å²) in [7, 11) is 0. The topological polar surface area (TPSA) is 24.1 Å². The van der Waals surface area contributed by atoms with Gasteiger partial charge in [-0.3, -0.25) is 0 Å². The molecule has 0 aliphatic carbocycles. The van der Waals surface area contributed by atoms with Crippen LogP contribution in [0.4, 0.5) is 0 Å². The van der Waals surface area contributed by atoms with E-state index in [1.54, 1.807) is 0 Å². The molecule has 1 fully saturated rings. The highest BCUT2D eigenvalue weighted by molar-refractivity contribution is 4.78. The van der Waals surface area contributed by atoms with Gasteiger partial charge in [-0.2, -0.15) is 0 Å². The minimum absolute atomic E-state index is 0.674. The Morgan fingerprint density at radius 3 is 2.46 bits per heavy atom. The molecule has 2 N–H and O–H groups in total. The van der Waals surface area contributed by atoms with Gasteiger partial charge in [0, 0.05) is 12.1 Å². The molecule has 78 valence electrons. The van der Waals surface area contributed by atoms with Crippen LogP contribution in [0.1, 0.15) is 40.0 Å². The second-order valence-electron chi connectivity index (χ2n) is 4.37. The zero-order valence-corrected chi connectivity index (χ0v) is 9.27. The second kappa shape index (κ2) is 5.61. The smallest absolute Gasteiger partial charge is 0.00938 e. The third-order valence-corrected chi connectivity index (χ3v) is 3.34. The van der Waals surface area contributed by atoms with Crippen molar-refractivity contribution in [3.8, 4) is 0 Å². The van der Waals surface area contributed by atoms with Gasteiger partial charge < -0.3 is 10.6 Å². The van der Waals surface area contributed by atoms with E-state index in [1.165, 1.54) is 32.4 Å². The van der Waals surface area contributed by atoms with Gasteiger partial charge in [-0.1, -0.05) is 20.3 Å². The lowest BCUT2D eigenvalue weighted by Gasteiger charge is -2.29. The van der Waals surface area contributed by atoms with Gasteiger partial charge in [0.15, 0.2) is 0 Å². The molecule has 0 aromatic rings. The second-order valence-corrected chi connectivity index (χ2v) is 4.37. The third-order valence-electron chi connectivity index (χ3n) is 3.34. The largest absolute Gasteiger partial charge is 0.317 e. The maximum absolute atomic E-state index is 3.73. The van der Waals surface area contributed by atoms with Crippen molar-refractivity contribution in [2.45, 2.75) is 52.1 Å². The summed E-state index contributed by atoms with van der Waals surface area (Å²) < 4.78 is 0. The van der Waals surface area contributed by atoms with Crippen LogP contribution in [-0.4, -0.2) is 25.2 Å². The first-order chi connectivity index (χ1) is 6.24. The highest BCUT2D eigenvalue weighted by Crippen LogP contribution is 2.10. The molecule has 1 saturated heterocycles. The van der Waals surface area contributed by atoms with E-state index < -0.39 is 0 Å². The summed E-state index contributed by atoms with van der Waals surface area (Å²) in [5.41, 5.74) is 0. The molecule has 13 heavy (non-hydrogen) atoms. The number of hydrogen-bond donors (Lipinski definition) is 2. The first kappa shape index (κ1) is 11.0. The van der Waals surface area contributed by atoms with E-state index in [0.29, 0.717) is 6.04 Å². The minimum Gasteiger partial charge on any atom is -0.317 e. The Balaban J connectivity index is 2.21. The van der Waals surface area contributed by atoms with Crippen molar-refractivity contribution in [1.82, 2.24) is 10.6 Å². The summed E-state index contributed by atoms with van der Waals surface area (Å²) in [4.78, 5) is 0. The van der Waals surface area contributed by atoms with E-state index in [-0.39, 0.29) is 0 Å². The predicted molar refractivity (Wildman–Crippen MR) is 57.9 cm³/mol. The van der Waals surface area contributed by atoms with Crippen molar-refractivity contribution in [3.63, 3.8) is 0 Å². The van der Waals surface area contributed by atoms with E-state index in [1.807, 2.05) is 0 Å². The highest BCUT2D eigenvalue weighted by Gasteiger charge is 2.17. The van der Waals surface area contributed by atoms with E-state index in [2.05, 4.69) is 31.4 Å². The van der Waals surface area contributed by atoms with Crippen LogP contribution in [0, 0.1) is 5.92 Å². The van der Waals surface area contributed by atoms with Crippen LogP contribution in [0.15, 0.2) is 0 Å². The number of rotatable bonds is 4. The van der Waals surface area contributed by atoms with E-state index in [9.17, 15) is 0 Å². The average Bonchev–Trinajstić information content (AvgIpc) is 2.18. The molecule has 0 spiro atoms. The van der Waals surface area contributed by atoms with Crippen LogP contribution in [0.2, 0.25) is 0 Å². The molecule has 2 unspecified atom stereocenters. The van der Waals surface area contributed by atoms with E-state index in [0.717, 1.165) is 12.0 Å². The summed E-state index contributed by atoms with van der Waals surface area (Å²) >= 11 is 0. The van der Waals surface area contributed by atoms with Crippen LogP contribution < -0.4 is 10.6 Å². The van der Waals surface area contributed by atoms with Gasteiger partial charge in [-0.25, -0.2) is 0 Å². The molecule has 1 aliphatic rings. The molecule has 0 aromatic heterocycles. The third kappa shape index (κ3) is 3.65. The quantitative estimate of drug-likeness (QED) is 0.696. The highest BCUT2D eigenvalue weighted by atomic mass is 15.0. The van der Waals surface area contributed by atoms with Crippen LogP contribution >= 0.6 is 0 Å². The summed E-state index contributed by atoms with van der Waals surface area (Å²) in [5, 5.41) is 7.12. The normalized spacial score (nSPS) is 24.2. The molecular weight excluding hydrogens is 160 g/mol. The Bertz CT molecular complexity index is 130. The lowest BCUT2D eigenvalue weighted by molar-refractivity contribution is 0.304. The van der Waals surface area contributed by atoms with Gasteiger partial charge in [0.05, 0.1) is 0 Å². The molecule has 0 saturated carbocycles. The Kier molecular flexibility index (Phi) is 4.74. The molecule has 2 nitrogen and oxygen atoms in total. The summed E-state index contributed by atoms with van der Waals surface area (Å²) in [6.07, 6.45) is 3.86. The fourth-order valence-electron chi connectivity index (χ4n) is 1.88. The minimum atomic E-state index is 0.674. The Labute approximate surface area is 82.5 Å². The first-order valence-electron chi connectivity index (χ1n) is 5.70. The maximum atomic E-state index is 3.73. The van der Waals surface area contributed by atoms with Crippen molar-refractivity contribution in [1.29, 1.82) is 0 Å². The molecule has 0 radical (unpaired) electrons. The van der Waals surface area contributed by atoms with Gasteiger partial charge in [0.25, 0.3) is 0 Å². The number of hydrogen-bond acceptors (Lipinski definition) is 2. The van der Waals surface area contributed by atoms with Crippen LogP contribution in [0.3, 0.4) is 0 Å². The SMILES string of the molecule is CCC(C)C(C)NC1CCNCC1. The van der Waals surface area contributed by atoms with Crippen molar-refractivity contribution in [2.24, 2.45) is 5.92 Å². The standard InChI is InChI=1S/C11H24N2/c1-4-9(2)10(3)13-11-5-7-12-8-6-11/h9-13H,4-8H2,1-3H3. The van der Waals surface area contributed by atoms with Gasteiger partial charge in [0.1, 0.15) is 0 Å². The van der Waals surface area contributed by atoms with Crippen molar-refractivity contribution in [3.05, 3.63) is 0 Å². The number of piperidine rings is 1. The maximum Gasteiger partial charge on any atom is 0.00938 e. The first-order valence-corrected chi connectivity index (χ1v) is 5.70. The summed E-state index contributed by atoms with van der Waals surface area (Å²) in [5.74, 6) is 0.801. The molecule has 0 amide bonds. The molecule has 0 bridgehead atoms. The van der Waals surface area contributed by atoms with Gasteiger partial charge in [0.2, 0.25) is 0 Å². The van der Waals surface area contributed by atoms with Crippen LogP contribution in [0.5, 0.6) is 0 Å². The molecule has 2 heteroatoms. The Morgan fingerprint density at radius 2 is 1.92 bits per heavy atom. The van der Waals surface area contributed by atoms with E-state index in [4.69, 9.17) is 0 Å². The Hall–Kier alpha value is -0.0800. The summed E-state index contributed by atoms with van der Waals surface area (Å²) in [6, 6.07) is 1.43. The molecule has 0 aromatic carbocycles. The fourth-order valence-corrected chi connectivity index (χ4v) is 1.88.